The fourth-order valence-corrected chi connectivity index (χ4v) is 1.85. The number of alkyl halides is 6. The molecular weight excluding hydrogens is 360 g/mol. The molecule has 0 aliphatic carbocycles. The van der Waals surface area contributed by atoms with Crippen LogP contribution in [0.3, 0.4) is 0 Å². The molecule has 0 fully saturated rings. The molecule has 0 bridgehead atoms. The highest BCUT2D eigenvalue weighted by molar-refractivity contribution is 5.77. The van der Waals surface area contributed by atoms with Crippen LogP contribution in [0.4, 0.5) is 26.3 Å². The van der Waals surface area contributed by atoms with Gasteiger partial charge in [-0.05, 0) is 17.7 Å². The topological polar surface area (TPSA) is 75.6 Å². The van der Waals surface area contributed by atoms with Crippen molar-refractivity contribution in [2.24, 2.45) is 0 Å². The second-order valence-electron chi connectivity index (χ2n) is 4.95. The summed E-state index contributed by atoms with van der Waals surface area (Å²) in [7, 11) is 0. The van der Waals surface area contributed by atoms with Gasteiger partial charge in [0.05, 0.1) is 18.9 Å². The molecule has 1 rings (SSSR count). The fraction of sp³-hybridized carbons (Fsp3) is 0.429. The summed E-state index contributed by atoms with van der Waals surface area (Å²) in [5.41, 5.74) is 0.109. The number of aliphatic carboxylic acids is 1. The number of amides is 1. The lowest BCUT2D eigenvalue weighted by Crippen LogP contribution is -2.31. The predicted molar refractivity (Wildman–Crippen MR) is 71.6 cm³/mol. The van der Waals surface area contributed by atoms with Gasteiger partial charge in [-0.1, -0.05) is 12.1 Å². The van der Waals surface area contributed by atoms with E-state index in [4.69, 9.17) is 5.11 Å². The normalized spacial score (nSPS) is 13.2. The van der Waals surface area contributed by atoms with Crippen molar-refractivity contribution in [2.45, 2.75) is 37.8 Å². The summed E-state index contributed by atoms with van der Waals surface area (Å²) in [6.07, 6.45) is -12.4. The number of hydrogen-bond donors (Lipinski definition) is 2. The molecule has 0 saturated heterocycles. The molecule has 0 aliphatic rings. The Morgan fingerprint density at radius 2 is 1.64 bits per heavy atom. The van der Waals surface area contributed by atoms with E-state index in [0.717, 1.165) is 24.3 Å². The number of ether oxygens (including phenoxy) is 1. The lowest BCUT2D eigenvalue weighted by molar-refractivity contribution is -0.274. The molecule has 11 heteroatoms. The zero-order valence-electron chi connectivity index (χ0n) is 12.4. The van der Waals surface area contributed by atoms with E-state index in [0.29, 0.717) is 0 Å². The third-order valence-corrected chi connectivity index (χ3v) is 2.87. The van der Waals surface area contributed by atoms with E-state index >= 15 is 0 Å². The van der Waals surface area contributed by atoms with Gasteiger partial charge in [-0.25, -0.2) is 0 Å². The van der Waals surface area contributed by atoms with Gasteiger partial charge < -0.3 is 15.2 Å². The average molecular weight is 373 g/mol. The fourth-order valence-electron chi connectivity index (χ4n) is 1.85. The van der Waals surface area contributed by atoms with Crippen molar-refractivity contribution in [3.05, 3.63) is 29.8 Å². The number of carbonyl (C=O) groups is 2. The van der Waals surface area contributed by atoms with Gasteiger partial charge in [0.25, 0.3) is 0 Å². The molecular formula is C14H13F6NO4. The van der Waals surface area contributed by atoms with Crippen LogP contribution in [0.25, 0.3) is 0 Å². The Morgan fingerprint density at radius 1 is 1.08 bits per heavy atom. The van der Waals surface area contributed by atoms with Crippen LogP contribution in [-0.4, -0.2) is 29.5 Å². The first-order valence-electron chi connectivity index (χ1n) is 6.79. The molecule has 0 spiro atoms. The zero-order valence-corrected chi connectivity index (χ0v) is 12.4. The zero-order chi connectivity index (χ0) is 19.3. The van der Waals surface area contributed by atoms with Gasteiger partial charge in [0.15, 0.2) is 0 Å². The summed E-state index contributed by atoms with van der Waals surface area (Å²) in [5, 5.41) is 10.9. The van der Waals surface area contributed by atoms with Gasteiger partial charge in [-0.2, -0.15) is 13.2 Å². The molecule has 0 heterocycles. The van der Waals surface area contributed by atoms with Crippen LogP contribution in [0.15, 0.2) is 24.3 Å². The molecule has 2 N–H and O–H groups in total. The van der Waals surface area contributed by atoms with Crippen LogP contribution in [0.2, 0.25) is 0 Å². The van der Waals surface area contributed by atoms with E-state index in [-0.39, 0.29) is 5.56 Å². The summed E-state index contributed by atoms with van der Waals surface area (Å²) in [6, 6.07) is 2.77. The molecule has 1 aromatic carbocycles. The predicted octanol–water partition coefficient (Wildman–Crippen LogP) is 3.56. The van der Waals surface area contributed by atoms with E-state index < -0.39 is 55.5 Å². The Kier molecular flexibility index (Phi) is 6.65. The minimum atomic E-state index is -4.91. The summed E-state index contributed by atoms with van der Waals surface area (Å²) in [5.74, 6) is -2.94. The molecule has 0 aromatic heterocycles. The number of carbonyl (C=O) groups excluding carboxylic acids is 1. The maximum atomic E-state index is 12.1. The highest BCUT2D eigenvalue weighted by Crippen LogP contribution is 2.26. The molecule has 1 atom stereocenters. The summed E-state index contributed by atoms with van der Waals surface area (Å²) < 4.78 is 76.1. The number of nitrogens with one attached hydrogen (secondary N) is 1. The first-order chi connectivity index (χ1) is 11.4. The average Bonchev–Trinajstić information content (AvgIpc) is 2.42. The minimum Gasteiger partial charge on any atom is -0.481 e. The van der Waals surface area contributed by atoms with Crippen LogP contribution < -0.4 is 10.1 Å². The third kappa shape index (κ3) is 8.82. The van der Waals surface area contributed by atoms with Gasteiger partial charge in [-0.3, -0.25) is 9.59 Å². The van der Waals surface area contributed by atoms with Gasteiger partial charge in [0.2, 0.25) is 5.91 Å². The first-order valence-corrected chi connectivity index (χ1v) is 6.79. The monoisotopic (exact) mass is 373 g/mol. The first kappa shape index (κ1) is 20.6. The highest BCUT2D eigenvalue weighted by Gasteiger charge is 2.31. The quantitative estimate of drug-likeness (QED) is 0.717. The van der Waals surface area contributed by atoms with Crippen LogP contribution in [0.5, 0.6) is 5.75 Å². The summed E-state index contributed by atoms with van der Waals surface area (Å²) in [4.78, 5) is 22.4. The van der Waals surface area contributed by atoms with Crippen LogP contribution >= 0.6 is 0 Å². The second-order valence-corrected chi connectivity index (χ2v) is 4.95. The Bertz CT molecular complexity index is 597. The number of rotatable bonds is 7. The molecule has 1 aromatic rings. The molecule has 140 valence electrons. The SMILES string of the molecule is O=C(O)CC(NC(=O)CCC(F)(F)F)c1ccc(OC(F)(F)F)cc1. The lowest BCUT2D eigenvalue weighted by Gasteiger charge is -2.18. The smallest absolute Gasteiger partial charge is 0.481 e. The molecule has 0 radical (unpaired) electrons. The molecule has 0 saturated carbocycles. The molecule has 0 aliphatic heterocycles. The Balaban J connectivity index is 2.81. The molecule has 25 heavy (non-hydrogen) atoms. The third-order valence-electron chi connectivity index (χ3n) is 2.87. The second kappa shape index (κ2) is 8.08. The van der Waals surface area contributed by atoms with E-state index in [2.05, 4.69) is 10.1 Å². The van der Waals surface area contributed by atoms with Crippen LogP contribution in [0.1, 0.15) is 30.9 Å². The Morgan fingerprint density at radius 3 is 2.08 bits per heavy atom. The van der Waals surface area contributed by atoms with Gasteiger partial charge in [0.1, 0.15) is 5.75 Å². The number of carboxylic acid groups (broad SMARTS) is 1. The van der Waals surface area contributed by atoms with Crippen molar-refractivity contribution in [1.29, 1.82) is 0 Å². The van der Waals surface area contributed by atoms with Crippen molar-refractivity contribution in [2.75, 3.05) is 0 Å². The highest BCUT2D eigenvalue weighted by atomic mass is 19.4. The summed E-state index contributed by atoms with van der Waals surface area (Å²) in [6.45, 7) is 0. The minimum absolute atomic E-state index is 0.109. The molecule has 5 nitrogen and oxygen atoms in total. The van der Waals surface area contributed by atoms with E-state index in [9.17, 15) is 35.9 Å². The summed E-state index contributed by atoms with van der Waals surface area (Å²) >= 11 is 0. The number of hydrogen-bond acceptors (Lipinski definition) is 3. The van der Waals surface area contributed by atoms with Crippen molar-refractivity contribution in [1.82, 2.24) is 5.32 Å². The standard InChI is InChI=1S/C14H13F6NO4/c15-13(16,17)6-5-11(22)21-10(7-12(23)24)8-1-3-9(4-2-8)25-14(18,19)20/h1-4,10H,5-7H2,(H,21,22)(H,23,24). The van der Waals surface area contributed by atoms with E-state index in [1.165, 1.54) is 0 Å². The van der Waals surface area contributed by atoms with Crippen molar-refractivity contribution in [3.63, 3.8) is 0 Å². The van der Waals surface area contributed by atoms with Crippen LogP contribution in [0, 0.1) is 0 Å². The molecule has 1 unspecified atom stereocenters. The van der Waals surface area contributed by atoms with Gasteiger partial charge in [-0.15, -0.1) is 13.2 Å². The largest absolute Gasteiger partial charge is 0.573 e. The van der Waals surface area contributed by atoms with Gasteiger partial charge in [0, 0.05) is 6.42 Å². The number of benzene rings is 1. The Hall–Kier alpha value is -2.46. The van der Waals surface area contributed by atoms with Crippen LogP contribution in [-0.2, 0) is 9.59 Å². The van der Waals surface area contributed by atoms with Crippen molar-refractivity contribution in [3.8, 4) is 5.75 Å². The number of halogens is 6. The Labute approximate surface area is 137 Å². The molecule has 1 amide bonds. The van der Waals surface area contributed by atoms with Crippen molar-refractivity contribution >= 4 is 11.9 Å². The lowest BCUT2D eigenvalue weighted by atomic mass is 10.0. The van der Waals surface area contributed by atoms with E-state index in [1.54, 1.807) is 0 Å². The maximum absolute atomic E-state index is 12.1. The number of carboxylic acids is 1. The van der Waals surface area contributed by atoms with Gasteiger partial charge >= 0.3 is 18.5 Å². The van der Waals surface area contributed by atoms with E-state index in [1.807, 2.05) is 0 Å². The maximum Gasteiger partial charge on any atom is 0.573 e. The van der Waals surface area contributed by atoms with Crippen molar-refractivity contribution < 1.29 is 45.8 Å².